The summed E-state index contributed by atoms with van der Waals surface area (Å²) in [6.45, 7) is 0.483. The molecule has 5 rings (SSSR count). The summed E-state index contributed by atoms with van der Waals surface area (Å²) < 4.78 is 24.5. The second-order valence-electron chi connectivity index (χ2n) is 8.93. The lowest BCUT2D eigenvalue weighted by atomic mass is 9.90. The summed E-state index contributed by atoms with van der Waals surface area (Å²) in [4.78, 5) is 18.4. The van der Waals surface area contributed by atoms with Crippen molar-refractivity contribution in [2.75, 3.05) is 7.05 Å². The number of carbonyl (C=O) groups is 1. The zero-order valence-corrected chi connectivity index (χ0v) is 23.6. The lowest BCUT2D eigenvalue weighted by molar-refractivity contribution is 0.0609. The number of fused-ring (bicyclic) bond motifs is 1. The van der Waals surface area contributed by atoms with E-state index >= 15 is 0 Å². The van der Waals surface area contributed by atoms with Gasteiger partial charge in [-0.05, 0) is 62.4 Å². The average molecular weight is 580 g/mol. The van der Waals surface area contributed by atoms with Crippen LogP contribution in [0, 0.1) is 0 Å². The summed E-state index contributed by atoms with van der Waals surface area (Å²) in [5, 5.41) is 12.1. The first-order chi connectivity index (χ1) is 17.2. The second-order valence-corrected chi connectivity index (χ2v) is 14.2. The van der Waals surface area contributed by atoms with Crippen LogP contribution in [0.3, 0.4) is 0 Å². The van der Waals surface area contributed by atoms with Crippen LogP contribution in [0.4, 0.5) is 0 Å². The van der Waals surface area contributed by atoms with Crippen LogP contribution in [-0.4, -0.2) is 38.4 Å². The highest BCUT2D eigenvalue weighted by Gasteiger charge is 2.32. The van der Waals surface area contributed by atoms with Gasteiger partial charge in [0.05, 0.1) is 11.6 Å². The fraction of sp³-hybridized carbons (Fsp3) is 0.320. The molecule has 11 heteroatoms. The molecule has 6 nitrogen and oxygen atoms in total. The molecular weight excluding hydrogens is 554 g/mol. The number of nitrogens with zero attached hydrogens (tertiary/aromatic N) is 1. The molecule has 4 aromatic rings. The number of primary sulfonamides is 1. The number of nitrogens with one attached hydrogen (secondary N) is 1. The van der Waals surface area contributed by atoms with E-state index in [0.29, 0.717) is 22.5 Å². The van der Waals surface area contributed by atoms with Gasteiger partial charge in [-0.15, -0.1) is 34.0 Å². The molecule has 0 atom stereocenters. The van der Waals surface area contributed by atoms with Crippen LogP contribution in [0.1, 0.15) is 40.2 Å². The number of halogens is 1. The minimum atomic E-state index is -3.73. The van der Waals surface area contributed by atoms with E-state index in [4.69, 9.17) is 16.7 Å². The van der Waals surface area contributed by atoms with Crippen LogP contribution in [0.5, 0.6) is 0 Å². The molecule has 1 amide bonds. The van der Waals surface area contributed by atoms with Crippen LogP contribution < -0.4 is 10.5 Å². The second kappa shape index (κ2) is 10.5. The van der Waals surface area contributed by atoms with E-state index in [1.807, 2.05) is 47.7 Å². The van der Waals surface area contributed by atoms with E-state index in [-0.39, 0.29) is 16.2 Å². The number of thiophene rings is 3. The van der Waals surface area contributed by atoms with Gasteiger partial charge in [-0.2, -0.15) is 0 Å². The topological polar surface area (TPSA) is 92.5 Å². The normalized spacial score (nSPS) is 18.5. The summed E-state index contributed by atoms with van der Waals surface area (Å²) in [6, 6.07) is 13.8. The van der Waals surface area contributed by atoms with Crippen molar-refractivity contribution >= 4 is 71.6 Å². The molecule has 3 N–H and O–H groups in total. The van der Waals surface area contributed by atoms with Crippen molar-refractivity contribution in [2.24, 2.45) is 5.14 Å². The molecule has 1 aliphatic carbocycles. The van der Waals surface area contributed by atoms with Gasteiger partial charge in [0.25, 0.3) is 5.91 Å². The van der Waals surface area contributed by atoms with E-state index in [1.165, 1.54) is 17.4 Å². The van der Waals surface area contributed by atoms with Crippen molar-refractivity contribution in [3.63, 3.8) is 0 Å². The van der Waals surface area contributed by atoms with Crippen molar-refractivity contribution in [1.82, 2.24) is 10.2 Å². The number of sulfonamides is 1. The maximum Gasteiger partial charge on any atom is 0.266 e. The molecule has 1 aromatic carbocycles. The predicted molar refractivity (Wildman–Crippen MR) is 151 cm³/mol. The molecule has 0 radical (unpaired) electrons. The fourth-order valence-electron chi connectivity index (χ4n) is 4.71. The highest BCUT2D eigenvalue weighted by molar-refractivity contribution is 7.91. The molecule has 0 spiro atoms. The number of nitrogens with two attached hydrogens (primary N) is 1. The number of hydrogen-bond acceptors (Lipinski definition) is 7. The molecule has 0 bridgehead atoms. The Bertz CT molecular complexity index is 1500. The maximum atomic E-state index is 13.9. The van der Waals surface area contributed by atoms with Gasteiger partial charge in [0.15, 0.2) is 0 Å². The van der Waals surface area contributed by atoms with E-state index in [9.17, 15) is 13.2 Å². The van der Waals surface area contributed by atoms with Crippen LogP contribution >= 0.6 is 45.6 Å². The van der Waals surface area contributed by atoms with Crippen molar-refractivity contribution in [3.8, 4) is 10.4 Å². The molecule has 0 aliphatic heterocycles. The summed E-state index contributed by atoms with van der Waals surface area (Å²) in [6.07, 6.45) is 3.90. The molecule has 0 unspecified atom stereocenters. The Labute approximate surface area is 227 Å². The molecular formula is C25H26ClN3O3S4. The van der Waals surface area contributed by atoms with Gasteiger partial charge in [-0.25, -0.2) is 13.6 Å². The highest BCUT2D eigenvalue weighted by Crippen LogP contribution is 2.38. The first kappa shape index (κ1) is 25.8. The number of hydrogen-bond donors (Lipinski definition) is 2. The van der Waals surface area contributed by atoms with Gasteiger partial charge in [-0.3, -0.25) is 4.79 Å². The van der Waals surface area contributed by atoms with E-state index in [0.717, 1.165) is 62.4 Å². The van der Waals surface area contributed by atoms with E-state index in [2.05, 4.69) is 5.32 Å². The molecule has 1 fully saturated rings. The Morgan fingerprint density at radius 3 is 2.56 bits per heavy atom. The molecule has 36 heavy (non-hydrogen) atoms. The lowest BCUT2D eigenvalue weighted by Crippen LogP contribution is -2.44. The summed E-state index contributed by atoms with van der Waals surface area (Å²) in [5.74, 6) is -0.0308. The Morgan fingerprint density at radius 1 is 1.14 bits per heavy atom. The molecule has 1 aliphatic rings. The fourth-order valence-corrected chi connectivity index (χ4v) is 8.85. The Morgan fingerprint density at radius 2 is 1.89 bits per heavy atom. The SMILES string of the molecule is CNC1CCC(N(Cc2cc(-c3ccc(S(N)(=O)=O)s3)cs2)C(=O)c2sc3ccccc3c2Cl)CC1. The molecule has 0 saturated heterocycles. The van der Waals surface area contributed by atoms with Gasteiger partial charge in [0.1, 0.15) is 9.09 Å². The minimum absolute atomic E-state index is 0.0308. The van der Waals surface area contributed by atoms with Crippen molar-refractivity contribution in [3.05, 3.63) is 62.6 Å². The Kier molecular flexibility index (Phi) is 7.56. The molecule has 190 valence electrons. The van der Waals surface area contributed by atoms with Crippen LogP contribution in [0.15, 0.2) is 52.1 Å². The van der Waals surface area contributed by atoms with Gasteiger partial charge < -0.3 is 10.2 Å². The third-order valence-electron chi connectivity index (χ3n) is 6.66. The summed E-state index contributed by atoms with van der Waals surface area (Å²) in [7, 11) is -1.74. The first-order valence-corrected chi connectivity index (χ1v) is 16.0. The third-order valence-corrected chi connectivity index (χ3v) is 11.8. The van der Waals surface area contributed by atoms with Crippen LogP contribution in [0.25, 0.3) is 20.5 Å². The van der Waals surface area contributed by atoms with Crippen LogP contribution in [-0.2, 0) is 16.6 Å². The monoisotopic (exact) mass is 579 g/mol. The Balaban J connectivity index is 1.44. The quantitative estimate of drug-likeness (QED) is 0.274. The average Bonchev–Trinajstić information content (AvgIpc) is 3.61. The highest BCUT2D eigenvalue weighted by atomic mass is 35.5. The minimum Gasteiger partial charge on any atom is -0.330 e. The zero-order valence-electron chi connectivity index (χ0n) is 19.6. The van der Waals surface area contributed by atoms with Gasteiger partial charge >= 0.3 is 0 Å². The molecule has 3 aromatic heterocycles. The Hall–Kier alpha value is -1.79. The van der Waals surface area contributed by atoms with Crippen LogP contribution in [0.2, 0.25) is 5.02 Å². The first-order valence-electron chi connectivity index (χ1n) is 11.6. The smallest absolute Gasteiger partial charge is 0.266 e. The number of amides is 1. The standard InChI is InChI=1S/C25H26ClN3O3S4/c1-28-16-6-8-17(9-7-16)29(25(30)24-23(26)19-4-2-3-5-21(19)35-24)13-18-12-15(14-33-18)20-10-11-22(34-20)36(27,31)32/h2-5,10-12,14,16-17,28H,6-9,13H2,1H3,(H2,27,31,32). The van der Waals surface area contributed by atoms with Gasteiger partial charge in [0, 0.05) is 37.5 Å². The summed E-state index contributed by atoms with van der Waals surface area (Å²) in [5.41, 5.74) is 0.932. The summed E-state index contributed by atoms with van der Waals surface area (Å²) >= 11 is 10.9. The van der Waals surface area contributed by atoms with E-state index < -0.39 is 10.0 Å². The maximum absolute atomic E-state index is 13.9. The van der Waals surface area contributed by atoms with Gasteiger partial charge in [-0.1, -0.05) is 29.8 Å². The lowest BCUT2D eigenvalue weighted by Gasteiger charge is -2.36. The predicted octanol–water partition coefficient (Wildman–Crippen LogP) is 6.17. The van der Waals surface area contributed by atoms with Crippen molar-refractivity contribution in [2.45, 2.75) is 48.5 Å². The van der Waals surface area contributed by atoms with Gasteiger partial charge in [0.2, 0.25) is 10.0 Å². The zero-order chi connectivity index (χ0) is 25.4. The molecule has 1 saturated carbocycles. The van der Waals surface area contributed by atoms with Crippen molar-refractivity contribution < 1.29 is 13.2 Å². The molecule has 3 heterocycles. The van der Waals surface area contributed by atoms with Crippen molar-refractivity contribution in [1.29, 1.82) is 0 Å². The number of benzene rings is 1. The number of carbonyl (C=O) groups excluding carboxylic acids is 1. The largest absolute Gasteiger partial charge is 0.330 e. The number of rotatable bonds is 7. The van der Waals surface area contributed by atoms with E-state index in [1.54, 1.807) is 17.4 Å². The third kappa shape index (κ3) is 5.26.